The summed E-state index contributed by atoms with van der Waals surface area (Å²) in [6.07, 6.45) is 39.7. The molecule has 2 aliphatic rings. The maximum Gasteiger partial charge on any atom is 0.0500 e. The molecule has 274 valence electrons. The third kappa shape index (κ3) is 9.11. The molecule has 0 saturated carbocycles. The summed E-state index contributed by atoms with van der Waals surface area (Å²) in [5.74, 6) is 0.604. The zero-order chi connectivity index (χ0) is 38.0. The van der Waals surface area contributed by atoms with Crippen molar-refractivity contribution in [1.82, 2.24) is 4.57 Å². The summed E-state index contributed by atoms with van der Waals surface area (Å²) in [7, 11) is 2.16. The lowest BCUT2D eigenvalue weighted by Crippen LogP contribution is -2.25. The molecule has 0 saturated heterocycles. The molecule has 2 heteroatoms. The number of likely N-dealkylation sites (N-methyl/N-ethyl adjacent to an activating group) is 1. The number of para-hydroxylation sites is 1. The molecule has 2 aromatic carbocycles. The maximum atomic E-state index is 4.49. The molecule has 1 heterocycles. The molecule has 0 spiro atoms. The zero-order valence-corrected chi connectivity index (χ0v) is 33.4. The number of hydrogen-bond donors (Lipinski definition) is 0. The first kappa shape index (κ1) is 39.1. The predicted molar refractivity (Wildman–Crippen MR) is 234 cm³/mol. The van der Waals surface area contributed by atoms with Crippen molar-refractivity contribution in [2.24, 2.45) is 5.92 Å². The van der Waals surface area contributed by atoms with Gasteiger partial charge in [0.25, 0.3) is 0 Å². The summed E-state index contributed by atoms with van der Waals surface area (Å²) in [6.45, 7) is 20.1. The Bertz CT molecular complexity index is 2030. The maximum absolute atomic E-state index is 4.49. The van der Waals surface area contributed by atoms with Gasteiger partial charge in [0.05, 0.1) is 0 Å². The van der Waals surface area contributed by atoms with Crippen LogP contribution in [0, 0.1) is 12.8 Å². The topological polar surface area (TPSA) is 8.17 Å². The minimum Gasteiger partial charge on any atom is -0.345 e. The third-order valence-corrected chi connectivity index (χ3v) is 11.0. The summed E-state index contributed by atoms with van der Waals surface area (Å²) in [6, 6.07) is 17.9. The van der Waals surface area contributed by atoms with E-state index >= 15 is 0 Å². The Balaban J connectivity index is 1.24. The van der Waals surface area contributed by atoms with Crippen LogP contribution < -0.4 is 4.90 Å². The smallest absolute Gasteiger partial charge is 0.0500 e. The van der Waals surface area contributed by atoms with Crippen LogP contribution in [0.15, 0.2) is 151 Å². The van der Waals surface area contributed by atoms with Crippen LogP contribution in [0.3, 0.4) is 0 Å². The lowest BCUT2D eigenvalue weighted by Gasteiger charge is -2.33. The molecule has 0 N–H and O–H groups in total. The average molecular weight is 701 g/mol. The molecule has 2 nitrogen and oxygen atoms in total. The molecule has 0 amide bonds. The summed E-state index contributed by atoms with van der Waals surface area (Å²) in [5.41, 5.74) is 14.0. The fourth-order valence-electron chi connectivity index (χ4n) is 7.54. The van der Waals surface area contributed by atoms with Gasteiger partial charge < -0.3 is 9.47 Å². The van der Waals surface area contributed by atoms with Crippen LogP contribution in [0.1, 0.15) is 99.5 Å². The predicted octanol–water partition coefficient (Wildman–Crippen LogP) is 13.7. The fourth-order valence-corrected chi connectivity index (χ4v) is 7.54. The zero-order valence-electron chi connectivity index (χ0n) is 33.4. The van der Waals surface area contributed by atoms with Crippen LogP contribution in [0.25, 0.3) is 17.8 Å². The normalized spacial score (nSPS) is 18.6. The second-order valence-electron chi connectivity index (χ2n) is 14.8. The highest BCUT2D eigenvalue weighted by molar-refractivity contribution is 5.74. The highest BCUT2D eigenvalue weighted by Crippen LogP contribution is 2.39. The molecule has 0 bridgehead atoms. The molecular weight excluding hydrogens is 641 g/mol. The van der Waals surface area contributed by atoms with Crippen molar-refractivity contribution in [3.63, 3.8) is 0 Å². The molecule has 5 rings (SSSR count). The number of nitrogens with zero attached hydrogens (tertiary/aromatic N) is 2. The van der Waals surface area contributed by atoms with Gasteiger partial charge in [0.15, 0.2) is 0 Å². The Morgan fingerprint density at radius 2 is 1.70 bits per heavy atom. The van der Waals surface area contributed by atoms with Gasteiger partial charge in [0, 0.05) is 46.8 Å². The number of anilines is 1. The van der Waals surface area contributed by atoms with Crippen LogP contribution in [0.4, 0.5) is 5.69 Å². The summed E-state index contributed by atoms with van der Waals surface area (Å²) in [5, 5.41) is 0. The van der Waals surface area contributed by atoms with Crippen LogP contribution in [-0.2, 0) is 18.3 Å². The van der Waals surface area contributed by atoms with Crippen LogP contribution in [-0.4, -0.2) is 11.6 Å². The SMILES string of the molecule is C=C(/C=C\C(=C/C)N(C)c1ccccc1C1(C)C=CC=CC1)C(C)c1ccc(CC(C)/C=C\C(=C/C)n2c3c(c(C)c2/C=C\CC)CC=CC=C3)cc1. The van der Waals surface area contributed by atoms with Crippen LogP contribution in [0.5, 0.6) is 0 Å². The standard InChI is InChI=1S/C51H60N2/c1-10-13-24-48-41(7)46-22-16-14-17-25-49(46)53(48)45(12-3)33-27-38(4)37-42-29-31-43(32-30-42)40(6)39(5)28-34-44(11-2)52(9)50-26-19-18-23-47(50)51(8)35-20-15-21-36-51/h11-21,23-35,38,40H,5,10,22,36-37H2,1-4,6-9H3/b24-13-,33-27-,34-28-,44-11+,45-12+. The molecule has 53 heavy (non-hydrogen) atoms. The van der Waals surface area contributed by atoms with Crippen molar-refractivity contribution in [3.8, 4) is 0 Å². The number of allylic oxidation sites excluding steroid dienone is 16. The van der Waals surface area contributed by atoms with Gasteiger partial charge >= 0.3 is 0 Å². The quantitative estimate of drug-likeness (QED) is 0.152. The monoisotopic (exact) mass is 700 g/mol. The molecule has 2 aliphatic carbocycles. The number of benzene rings is 2. The molecule has 1 aromatic heterocycles. The van der Waals surface area contributed by atoms with Crippen molar-refractivity contribution < 1.29 is 0 Å². The highest BCUT2D eigenvalue weighted by atomic mass is 15.1. The lowest BCUT2D eigenvalue weighted by atomic mass is 9.76. The Morgan fingerprint density at radius 1 is 0.943 bits per heavy atom. The third-order valence-electron chi connectivity index (χ3n) is 11.0. The Morgan fingerprint density at radius 3 is 2.40 bits per heavy atom. The Kier molecular flexibility index (Phi) is 13.4. The van der Waals surface area contributed by atoms with E-state index in [0.29, 0.717) is 5.92 Å². The summed E-state index contributed by atoms with van der Waals surface area (Å²) >= 11 is 0. The largest absolute Gasteiger partial charge is 0.345 e. The molecule has 0 aliphatic heterocycles. The molecule has 0 fully saturated rings. The fraction of sp³-hybridized carbons (Fsp3) is 0.294. The number of aromatic nitrogens is 1. The number of rotatable bonds is 14. The van der Waals surface area contributed by atoms with Crippen molar-refractivity contribution >= 4 is 23.5 Å². The van der Waals surface area contributed by atoms with Gasteiger partial charge in [-0.2, -0.15) is 0 Å². The van der Waals surface area contributed by atoms with Gasteiger partial charge in [-0.25, -0.2) is 0 Å². The van der Waals surface area contributed by atoms with E-state index < -0.39 is 0 Å². The van der Waals surface area contributed by atoms with Crippen LogP contribution in [0.2, 0.25) is 0 Å². The van der Waals surface area contributed by atoms with Gasteiger partial charge in [-0.05, 0) is 116 Å². The second kappa shape index (κ2) is 18.1. The van der Waals surface area contributed by atoms with Crippen molar-refractivity contribution in [2.45, 2.75) is 85.5 Å². The van der Waals surface area contributed by atoms with Crippen molar-refractivity contribution in [2.75, 3.05) is 11.9 Å². The van der Waals surface area contributed by atoms with E-state index in [1.165, 1.54) is 50.6 Å². The molecular formula is C51H60N2. The molecule has 0 radical (unpaired) electrons. The van der Waals surface area contributed by atoms with E-state index in [9.17, 15) is 0 Å². The first-order valence-corrected chi connectivity index (χ1v) is 19.5. The van der Waals surface area contributed by atoms with Crippen LogP contribution >= 0.6 is 0 Å². The first-order valence-electron chi connectivity index (χ1n) is 19.5. The number of hydrogen-bond acceptors (Lipinski definition) is 1. The second-order valence-corrected chi connectivity index (χ2v) is 14.8. The van der Waals surface area contributed by atoms with Crippen molar-refractivity contribution in [1.29, 1.82) is 0 Å². The molecule has 3 unspecified atom stereocenters. The van der Waals surface area contributed by atoms with Crippen molar-refractivity contribution in [3.05, 3.63) is 191 Å². The molecule has 3 aromatic rings. The van der Waals surface area contributed by atoms with E-state index in [0.717, 1.165) is 37.0 Å². The summed E-state index contributed by atoms with van der Waals surface area (Å²) < 4.78 is 2.43. The van der Waals surface area contributed by atoms with Gasteiger partial charge in [-0.15, -0.1) is 0 Å². The van der Waals surface area contributed by atoms with E-state index in [2.05, 4.69) is 217 Å². The van der Waals surface area contributed by atoms with E-state index in [1.54, 1.807) is 0 Å². The minimum atomic E-state index is -0.0251. The van der Waals surface area contributed by atoms with Gasteiger partial charge in [-0.1, -0.05) is 150 Å². The van der Waals surface area contributed by atoms with Gasteiger partial charge in [0.1, 0.15) is 0 Å². The lowest BCUT2D eigenvalue weighted by molar-refractivity contribution is 0.599. The van der Waals surface area contributed by atoms with E-state index in [-0.39, 0.29) is 11.3 Å². The van der Waals surface area contributed by atoms with E-state index in [4.69, 9.17) is 0 Å². The minimum absolute atomic E-state index is 0.0251. The highest BCUT2D eigenvalue weighted by Gasteiger charge is 2.27. The first-order chi connectivity index (χ1) is 25.6. The number of fused-ring (bicyclic) bond motifs is 1. The van der Waals surface area contributed by atoms with Gasteiger partial charge in [-0.3, -0.25) is 0 Å². The molecule has 3 atom stereocenters. The average Bonchev–Trinajstić information content (AvgIpc) is 3.29. The Labute approximate surface area is 321 Å². The van der Waals surface area contributed by atoms with E-state index in [1.807, 2.05) is 0 Å². The summed E-state index contributed by atoms with van der Waals surface area (Å²) in [4.78, 5) is 2.30. The Hall–Kier alpha value is -5.08. The van der Waals surface area contributed by atoms with Gasteiger partial charge in [0.2, 0.25) is 0 Å².